The van der Waals surface area contributed by atoms with Crippen LogP contribution in [0, 0.1) is 0 Å². The largest absolute Gasteiger partial charge is 0.380 e. The van der Waals surface area contributed by atoms with Crippen LogP contribution in [0.2, 0.25) is 0 Å². The van der Waals surface area contributed by atoms with E-state index in [4.69, 9.17) is 4.98 Å². The van der Waals surface area contributed by atoms with Crippen molar-refractivity contribution in [1.82, 2.24) is 24.6 Å². The predicted molar refractivity (Wildman–Crippen MR) is 146 cm³/mol. The van der Waals surface area contributed by atoms with Crippen molar-refractivity contribution in [3.8, 4) is 5.82 Å². The normalized spacial score (nSPS) is 13.2. The first-order valence-corrected chi connectivity index (χ1v) is 12.7. The molecule has 0 aliphatic rings. The van der Waals surface area contributed by atoms with E-state index in [-0.39, 0.29) is 0 Å². The predicted octanol–water partition coefficient (Wildman–Crippen LogP) is 5.36. The van der Waals surface area contributed by atoms with Gasteiger partial charge in [-0.3, -0.25) is 0 Å². The van der Waals surface area contributed by atoms with Gasteiger partial charge in [0, 0.05) is 34.0 Å². The number of aliphatic hydroxyl groups is 1. The van der Waals surface area contributed by atoms with E-state index in [1.165, 1.54) is 11.9 Å². The molecular weight excluding hydrogens is 514 g/mol. The smallest absolute Gasteiger partial charge is 0.159 e. The fourth-order valence-corrected chi connectivity index (χ4v) is 5.07. The minimum Gasteiger partial charge on any atom is -0.380 e. The molecule has 0 saturated carbocycles. The molecule has 182 valence electrons. The summed E-state index contributed by atoms with van der Waals surface area (Å²) in [5.74, 6) is 0.704. The van der Waals surface area contributed by atoms with Gasteiger partial charge in [-0.15, -0.1) is 0 Å². The van der Waals surface area contributed by atoms with Crippen LogP contribution in [0.1, 0.15) is 28.7 Å². The van der Waals surface area contributed by atoms with Crippen LogP contribution in [0.3, 0.4) is 0 Å². The SMILES string of the molecule is CN(C)CCC(O)(c1ccccc1)c1cc(Br)cc2cc(Cc3ccccc3)c(-n3cncn3)nc12. The lowest BCUT2D eigenvalue weighted by atomic mass is 9.82. The van der Waals surface area contributed by atoms with Crippen LogP contribution in [0.25, 0.3) is 16.7 Å². The zero-order valence-electron chi connectivity index (χ0n) is 20.3. The molecule has 3 aromatic carbocycles. The summed E-state index contributed by atoms with van der Waals surface area (Å²) in [5, 5.41) is 17.7. The fourth-order valence-electron chi connectivity index (χ4n) is 4.60. The minimum atomic E-state index is -1.23. The van der Waals surface area contributed by atoms with Crippen molar-refractivity contribution in [3.63, 3.8) is 0 Å². The lowest BCUT2D eigenvalue weighted by Gasteiger charge is -2.32. The summed E-state index contributed by atoms with van der Waals surface area (Å²) in [6.07, 6.45) is 4.39. The fraction of sp³-hybridized carbons (Fsp3) is 0.207. The van der Waals surface area contributed by atoms with Crippen molar-refractivity contribution < 1.29 is 5.11 Å². The number of halogens is 1. The van der Waals surface area contributed by atoms with Gasteiger partial charge < -0.3 is 10.0 Å². The molecule has 0 spiro atoms. The molecule has 5 aromatic rings. The van der Waals surface area contributed by atoms with E-state index >= 15 is 0 Å². The summed E-state index contributed by atoms with van der Waals surface area (Å²) in [6, 6.07) is 26.3. The number of benzene rings is 3. The monoisotopic (exact) mass is 541 g/mol. The Hall–Kier alpha value is -3.39. The molecular formula is C29H28BrN5O. The van der Waals surface area contributed by atoms with E-state index in [9.17, 15) is 5.11 Å². The van der Waals surface area contributed by atoms with E-state index in [2.05, 4.69) is 55.2 Å². The van der Waals surface area contributed by atoms with Gasteiger partial charge in [0.15, 0.2) is 5.82 Å². The molecule has 0 radical (unpaired) electrons. The van der Waals surface area contributed by atoms with Crippen molar-refractivity contribution in [2.75, 3.05) is 20.6 Å². The van der Waals surface area contributed by atoms with Crippen LogP contribution in [0.4, 0.5) is 0 Å². The first kappa shape index (κ1) is 24.3. The van der Waals surface area contributed by atoms with Gasteiger partial charge in [0.1, 0.15) is 18.3 Å². The number of nitrogens with zero attached hydrogens (tertiary/aromatic N) is 5. The van der Waals surface area contributed by atoms with E-state index < -0.39 is 5.60 Å². The second kappa shape index (κ2) is 10.3. The Bertz CT molecular complexity index is 1460. The standard InChI is InChI=1S/C29H28BrN5O/c1-34(2)14-13-29(36,24-11-7-4-8-12-24)26-18-25(30)17-22-16-23(15-21-9-5-3-6-10-21)28(33-27(22)26)35-20-31-19-32-35/h3-12,16-20,36H,13-15H2,1-2H3. The lowest BCUT2D eigenvalue weighted by molar-refractivity contribution is 0.0641. The zero-order valence-corrected chi connectivity index (χ0v) is 21.9. The molecule has 6 nitrogen and oxygen atoms in total. The Balaban J connectivity index is 1.75. The Kier molecular flexibility index (Phi) is 6.96. The van der Waals surface area contributed by atoms with E-state index in [0.717, 1.165) is 32.1 Å². The maximum absolute atomic E-state index is 12.3. The molecule has 2 heterocycles. The molecule has 0 aliphatic carbocycles. The van der Waals surface area contributed by atoms with Crippen LogP contribution < -0.4 is 0 Å². The highest BCUT2D eigenvalue weighted by Crippen LogP contribution is 2.39. The van der Waals surface area contributed by atoms with Crippen molar-refractivity contribution in [3.05, 3.63) is 118 Å². The number of aromatic nitrogens is 4. The second-order valence-corrected chi connectivity index (χ2v) is 10.2. The molecule has 7 heteroatoms. The van der Waals surface area contributed by atoms with Gasteiger partial charge in [0.05, 0.1) is 5.52 Å². The third kappa shape index (κ3) is 4.95. The number of rotatable bonds is 8. The highest BCUT2D eigenvalue weighted by molar-refractivity contribution is 9.10. The average Bonchev–Trinajstić information content (AvgIpc) is 3.42. The van der Waals surface area contributed by atoms with Gasteiger partial charge in [0.2, 0.25) is 0 Å². The maximum Gasteiger partial charge on any atom is 0.159 e. The van der Waals surface area contributed by atoms with Crippen molar-refractivity contribution in [2.45, 2.75) is 18.4 Å². The number of hydrogen-bond acceptors (Lipinski definition) is 5. The maximum atomic E-state index is 12.3. The zero-order chi connectivity index (χ0) is 25.1. The van der Waals surface area contributed by atoms with Gasteiger partial charge in [0.25, 0.3) is 0 Å². The summed E-state index contributed by atoms with van der Waals surface area (Å²) in [5.41, 5.74) is 3.31. The van der Waals surface area contributed by atoms with Gasteiger partial charge in [-0.25, -0.2) is 14.6 Å². The van der Waals surface area contributed by atoms with Crippen LogP contribution in [-0.2, 0) is 12.0 Å². The highest BCUT2D eigenvalue weighted by Gasteiger charge is 2.34. The van der Waals surface area contributed by atoms with Crippen LogP contribution in [0.15, 0.2) is 96.0 Å². The molecule has 1 atom stereocenters. The first-order valence-electron chi connectivity index (χ1n) is 11.9. The van der Waals surface area contributed by atoms with Gasteiger partial charge in [-0.05, 0) is 49.8 Å². The Morgan fingerprint density at radius 2 is 1.69 bits per heavy atom. The third-order valence-corrected chi connectivity index (χ3v) is 6.89. The number of fused-ring (bicyclic) bond motifs is 1. The molecule has 2 aromatic heterocycles. The summed E-state index contributed by atoms with van der Waals surface area (Å²) >= 11 is 3.70. The summed E-state index contributed by atoms with van der Waals surface area (Å²) in [7, 11) is 4.03. The molecule has 0 amide bonds. The van der Waals surface area contributed by atoms with Crippen LogP contribution in [-0.4, -0.2) is 50.4 Å². The number of pyridine rings is 1. The Labute approximate surface area is 219 Å². The molecule has 0 saturated heterocycles. The number of hydrogen-bond donors (Lipinski definition) is 1. The topological polar surface area (TPSA) is 67.1 Å². The van der Waals surface area contributed by atoms with E-state index in [1.807, 2.05) is 68.7 Å². The van der Waals surface area contributed by atoms with E-state index in [1.54, 1.807) is 11.0 Å². The highest BCUT2D eigenvalue weighted by atomic mass is 79.9. The average molecular weight is 542 g/mol. The molecule has 0 bridgehead atoms. The molecule has 1 unspecified atom stereocenters. The van der Waals surface area contributed by atoms with Crippen LogP contribution in [0.5, 0.6) is 0 Å². The summed E-state index contributed by atoms with van der Waals surface area (Å²) in [6.45, 7) is 0.710. The van der Waals surface area contributed by atoms with Gasteiger partial charge in [-0.2, -0.15) is 5.10 Å². The van der Waals surface area contributed by atoms with E-state index in [0.29, 0.717) is 25.2 Å². The lowest BCUT2D eigenvalue weighted by Crippen LogP contribution is -2.32. The summed E-state index contributed by atoms with van der Waals surface area (Å²) in [4.78, 5) is 11.4. The van der Waals surface area contributed by atoms with Crippen molar-refractivity contribution >= 4 is 26.8 Å². The molecule has 5 rings (SSSR count). The van der Waals surface area contributed by atoms with Crippen molar-refractivity contribution in [1.29, 1.82) is 0 Å². The molecule has 0 fully saturated rings. The first-order chi connectivity index (χ1) is 17.4. The van der Waals surface area contributed by atoms with Crippen LogP contribution >= 0.6 is 15.9 Å². The van der Waals surface area contributed by atoms with Crippen molar-refractivity contribution in [2.24, 2.45) is 0 Å². The summed E-state index contributed by atoms with van der Waals surface area (Å²) < 4.78 is 2.59. The molecule has 36 heavy (non-hydrogen) atoms. The van der Waals surface area contributed by atoms with Gasteiger partial charge in [-0.1, -0.05) is 76.6 Å². The third-order valence-electron chi connectivity index (χ3n) is 6.43. The minimum absolute atomic E-state index is 0.516. The molecule has 0 aliphatic heterocycles. The second-order valence-electron chi connectivity index (χ2n) is 9.28. The Morgan fingerprint density at radius 3 is 2.36 bits per heavy atom. The quantitative estimate of drug-likeness (QED) is 0.286. The van der Waals surface area contributed by atoms with Gasteiger partial charge >= 0.3 is 0 Å². The Morgan fingerprint density at radius 1 is 0.972 bits per heavy atom. The molecule has 1 N–H and O–H groups in total.